The molecule has 4 rings (SSSR count). The minimum Gasteiger partial charge on any atom is -0.370 e. The third kappa shape index (κ3) is 8.41. The summed E-state index contributed by atoms with van der Waals surface area (Å²) in [5.74, 6) is 0.260. The van der Waals surface area contributed by atoms with E-state index >= 15 is 0 Å². The first-order chi connectivity index (χ1) is 20.5. The second-order valence-corrected chi connectivity index (χ2v) is 10.0. The average molecular weight is 565 g/mol. The molecule has 3 amide bonds. The minimum absolute atomic E-state index is 0.0161. The Morgan fingerprint density at radius 2 is 1.81 bits per heavy atom. The highest BCUT2D eigenvalue weighted by atomic mass is 16.2. The molecule has 1 unspecified atom stereocenters. The van der Waals surface area contributed by atoms with Crippen LogP contribution >= 0.6 is 0 Å². The molecule has 0 aliphatic carbocycles. The third-order valence-electron chi connectivity index (χ3n) is 6.84. The number of aromatic nitrogens is 3. The Kier molecular flexibility index (Phi) is 10.6. The van der Waals surface area contributed by atoms with Crippen molar-refractivity contribution in [2.75, 3.05) is 16.8 Å². The van der Waals surface area contributed by atoms with Crippen LogP contribution in [0.4, 0.5) is 16.3 Å². The maximum Gasteiger partial charge on any atom is 0.322 e. The third-order valence-corrected chi connectivity index (χ3v) is 6.84. The first kappa shape index (κ1) is 29.8. The van der Waals surface area contributed by atoms with Crippen LogP contribution < -0.4 is 21.3 Å². The summed E-state index contributed by atoms with van der Waals surface area (Å²) < 4.78 is 1.51. The molecule has 216 valence electrons. The van der Waals surface area contributed by atoms with Crippen LogP contribution in [0.3, 0.4) is 0 Å². The molecule has 0 aliphatic heterocycles. The minimum atomic E-state index is -0.456. The molecule has 2 heterocycles. The van der Waals surface area contributed by atoms with E-state index < -0.39 is 5.91 Å². The first-order valence-electron chi connectivity index (χ1n) is 14.1. The monoisotopic (exact) mass is 564 g/mol. The summed E-state index contributed by atoms with van der Waals surface area (Å²) >= 11 is 0. The summed E-state index contributed by atoms with van der Waals surface area (Å²) in [6, 6.07) is 23.1. The largest absolute Gasteiger partial charge is 0.370 e. The van der Waals surface area contributed by atoms with E-state index in [0.29, 0.717) is 24.5 Å². The Morgan fingerprint density at radius 3 is 2.48 bits per heavy atom. The highest BCUT2D eigenvalue weighted by molar-refractivity contribution is 5.93. The van der Waals surface area contributed by atoms with Gasteiger partial charge in [-0.05, 0) is 54.7 Å². The predicted molar refractivity (Wildman–Crippen MR) is 163 cm³/mol. The van der Waals surface area contributed by atoms with Crippen molar-refractivity contribution in [2.24, 2.45) is 5.73 Å². The van der Waals surface area contributed by atoms with Crippen molar-refractivity contribution >= 4 is 23.4 Å². The summed E-state index contributed by atoms with van der Waals surface area (Å²) in [6.45, 7) is 3.26. The lowest BCUT2D eigenvalue weighted by Gasteiger charge is -2.32. The zero-order chi connectivity index (χ0) is 29.7. The maximum absolute atomic E-state index is 13.7. The summed E-state index contributed by atoms with van der Waals surface area (Å²) in [4.78, 5) is 31.1. The number of nitrogens with two attached hydrogens (primary N) is 1. The van der Waals surface area contributed by atoms with Crippen molar-refractivity contribution in [3.8, 4) is 17.2 Å². The molecule has 10 nitrogen and oxygen atoms in total. The number of benzene rings is 2. The number of primary amides is 1. The molecule has 4 aromatic rings. The SMILES string of the molecule is CCCC(CCCNc1ccc(C#N)cn1)N(C(=O)NCc1ccccc1)c1ccc(-c2cnn(CC(N)=O)c2)cc1. The summed E-state index contributed by atoms with van der Waals surface area (Å²) in [5.41, 5.74) is 9.42. The molecule has 0 saturated heterocycles. The Labute approximate surface area is 246 Å². The number of hydrogen-bond donors (Lipinski definition) is 3. The second-order valence-electron chi connectivity index (χ2n) is 10.0. The van der Waals surface area contributed by atoms with Gasteiger partial charge in [-0.15, -0.1) is 0 Å². The fourth-order valence-corrected chi connectivity index (χ4v) is 4.78. The van der Waals surface area contributed by atoms with Crippen molar-refractivity contribution in [1.29, 1.82) is 5.26 Å². The number of nitriles is 1. The van der Waals surface area contributed by atoms with Crippen molar-refractivity contribution in [3.63, 3.8) is 0 Å². The van der Waals surface area contributed by atoms with Crippen LogP contribution in [0.5, 0.6) is 0 Å². The van der Waals surface area contributed by atoms with E-state index in [2.05, 4.69) is 33.7 Å². The summed E-state index contributed by atoms with van der Waals surface area (Å²) in [5, 5.41) is 19.6. The first-order valence-corrected chi connectivity index (χ1v) is 14.1. The van der Waals surface area contributed by atoms with E-state index in [1.165, 1.54) is 4.68 Å². The lowest BCUT2D eigenvalue weighted by atomic mass is 10.0. The summed E-state index contributed by atoms with van der Waals surface area (Å²) in [7, 11) is 0. The van der Waals surface area contributed by atoms with Crippen LogP contribution in [0, 0.1) is 11.3 Å². The number of carbonyl (C=O) groups excluding carboxylic acids is 2. The number of nitrogens with one attached hydrogen (secondary N) is 2. The fourth-order valence-electron chi connectivity index (χ4n) is 4.78. The standard InChI is InChI=1S/C32H36N8O2/c1-2-7-28(10-6-17-35-31-16-11-25(18-33)20-36-31)40(32(42)37-19-24-8-4-3-5-9-24)29-14-12-26(13-15-29)27-21-38-39(22-27)23-30(34)41/h3-5,8-9,11-16,20-22,28H,2,6-7,10,17,19,23H2,1H3,(H2,34,41)(H,35,36)(H,37,42). The Hall–Kier alpha value is -5.17. The summed E-state index contributed by atoms with van der Waals surface area (Å²) in [6.07, 6.45) is 8.40. The lowest BCUT2D eigenvalue weighted by molar-refractivity contribution is -0.118. The van der Waals surface area contributed by atoms with Gasteiger partial charge in [0.05, 0.1) is 11.8 Å². The lowest BCUT2D eigenvalue weighted by Crippen LogP contribution is -2.46. The molecule has 0 aliphatic rings. The van der Waals surface area contributed by atoms with E-state index in [0.717, 1.165) is 48.1 Å². The van der Waals surface area contributed by atoms with E-state index in [1.807, 2.05) is 59.5 Å². The van der Waals surface area contributed by atoms with Crippen molar-refractivity contribution < 1.29 is 9.59 Å². The quantitative estimate of drug-likeness (QED) is 0.182. The second kappa shape index (κ2) is 15.0. The molecular formula is C32H36N8O2. The van der Waals surface area contributed by atoms with Gasteiger partial charge in [-0.25, -0.2) is 9.78 Å². The molecule has 2 aromatic heterocycles. The Balaban J connectivity index is 1.49. The number of urea groups is 1. The van der Waals surface area contributed by atoms with Crippen LogP contribution in [0.15, 0.2) is 85.3 Å². The van der Waals surface area contributed by atoms with Crippen LogP contribution in [0.2, 0.25) is 0 Å². The average Bonchev–Trinajstić information content (AvgIpc) is 3.47. The van der Waals surface area contributed by atoms with Gasteiger partial charge in [0.2, 0.25) is 5.91 Å². The molecule has 0 fully saturated rings. The van der Waals surface area contributed by atoms with Gasteiger partial charge in [0.15, 0.2) is 0 Å². The molecule has 0 spiro atoms. The van der Waals surface area contributed by atoms with Gasteiger partial charge in [0.25, 0.3) is 0 Å². The van der Waals surface area contributed by atoms with Gasteiger partial charge >= 0.3 is 6.03 Å². The predicted octanol–water partition coefficient (Wildman–Crippen LogP) is 5.08. The number of rotatable bonds is 14. The highest BCUT2D eigenvalue weighted by Gasteiger charge is 2.25. The van der Waals surface area contributed by atoms with Crippen LogP contribution in [-0.2, 0) is 17.9 Å². The normalized spacial score (nSPS) is 11.3. The number of carbonyl (C=O) groups is 2. The van der Waals surface area contributed by atoms with Gasteiger partial charge in [0.1, 0.15) is 18.4 Å². The van der Waals surface area contributed by atoms with Crippen molar-refractivity contribution in [2.45, 2.75) is 51.7 Å². The highest BCUT2D eigenvalue weighted by Crippen LogP contribution is 2.27. The van der Waals surface area contributed by atoms with E-state index in [4.69, 9.17) is 11.0 Å². The number of amides is 3. The molecule has 42 heavy (non-hydrogen) atoms. The molecule has 10 heteroatoms. The molecule has 0 bridgehead atoms. The molecule has 0 radical (unpaired) electrons. The van der Waals surface area contributed by atoms with Crippen LogP contribution in [-0.4, -0.2) is 39.3 Å². The van der Waals surface area contributed by atoms with Gasteiger partial charge in [-0.3, -0.25) is 14.4 Å². The van der Waals surface area contributed by atoms with Crippen molar-refractivity contribution in [3.05, 3.63) is 96.4 Å². The Morgan fingerprint density at radius 1 is 1.02 bits per heavy atom. The number of hydrogen-bond acceptors (Lipinski definition) is 6. The van der Waals surface area contributed by atoms with Gasteiger partial charge < -0.3 is 16.4 Å². The van der Waals surface area contributed by atoms with Gasteiger partial charge in [0, 0.05) is 42.8 Å². The van der Waals surface area contributed by atoms with Crippen molar-refractivity contribution in [1.82, 2.24) is 20.1 Å². The molecule has 1 atom stereocenters. The maximum atomic E-state index is 13.7. The molecule has 0 saturated carbocycles. The molecule has 4 N–H and O–H groups in total. The zero-order valence-electron chi connectivity index (χ0n) is 23.7. The van der Waals surface area contributed by atoms with Gasteiger partial charge in [-0.2, -0.15) is 10.4 Å². The molecule has 2 aromatic carbocycles. The van der Waals surface area contributed by atoms with Gasteiger partial charge in [-0.1, -0.05) is 55.8 Å². The van der Waals surface area contributed by atoms with E-state index in [9.17, 15) is 9.59 Å². The van der Waals surface area contributed by atoms with Crippen LogP contribution in [0.1, 0.15) is 43.7 Å². The Bertz CT molecular complexity index is 1480. The number of anilines is 2. The van der Waals surface area contributed by atoms with E-state index in [1.54, 1.807) is 30.7 Å². The number of pyridine rings is 1. The number of nitrogens with zero attached hydrogens (tertiary/aromatic N) is 5. The van der Waals surface area contributed by atoms with E-state index in [-0.39, 0.29) is 18.6 Å². The fraction of sp³-hybridized carbons (Fsp3) is 0.281. The molecular weight excluding hydrogens is 528 g/mol. The topological polar surface area (TPSA) is 142 Å². The zero-order valence-corrected chi connectivity index (χ0v) is 23.7. The smallest absolute Gasteiger partial charge is 0.322 e. The van der Waals surface area contributed by atoms with Crippen LogP contribution in [0.25, 0.3) is 11.1 Å².